The molecule has 0 bridgehead atoms. The van der Waals surface area contributed by atoms with Gasteiger partial charge in [-0.05, 0) is 30.0 Å². The number of pyridine rings is 1. The SMILES string of the molecule is CC(C)Cc1cnc2[nH]cc(/C=C(\C#N)C(N)=O)c2c1. The molecule has 2 rings (SSSR count). The molecule has 0 unspecified atom stereocenters. The van der Waals surface area contributed by atoms with Gasteiger partial charge in [0.05, 0.1) is 0 Å². The molecule has 0 radical (unpaired) electrons. The van der Waals surface area contributed by atoms with Gasteiger partial charge in [0.1, 0.15) is 17.3 Å². The van der Waals surface area contributed by atoms with E-state index in [2.05, 4.69) is 23.8 Å². The Morgan fingerprint density at radius 1 is 1.60 bits per heavy atom. The van der Waals surface area contributed by atoms with Crippen LogP contribution in [0.25, 0.3) is 17.1 Å². The van der Waals surface area contributed by atoms with E-state index in [1.807, 2.05) is 12.3 Å². The zero-order valence-electron chi connectivity index (χ0n) is 11.5. The number of aromatic amines is 1. The van der Waals surface area contributed by atoms with Gasteiger partial charge in [-0.1, -0.05) is 13.8 Å². The molecular weight excluding hydrogens is 252 g/mol. The first kappa shape index (κ1) is 13.8. The van der Waals surface area contributed by atoms with Crippen LogP contribution in [0.4, 0.5) is 0 Å². The summed E-state index contributed by atoms with van der Waals surface area (Å²) >= 11 is 0. The smallest absolute Gasteiger partial charge is 0.259 e. The number of rotatable bonds is 4. The highest BCUT2D eigenvalue weighted by atomic mass is 16.1. The van der Waals surface area contributed by atoms with E-state index in [9.17, 15) is 4.79 Å². The molecule has 20 heavy (non-hydrogen) atoms. The van der Waals surface area contributed by atoms with Crippen molar-refractivity contribution in [2.45, 2.75) is 20.3 Å². The molecule has 2 heterocycles. The van der Waals surface area contributed by atoms with Crippen molar-refractivity contribution in [1.29, 1.82) is 5.26 Å². The van der Waals surface area contributed by atoms with Crippen LogP contribution in [0.5, 0.6) is 0 Å². The molecule has 5 nitrogen and oxygen atoms in total. The molecule has 0 saturated carbocycles. The average molecular weight is 268 g/mol. The van der Waals surface area contributed by atoms with Gasteiger partial charge in [0, 0.05) is 23.3 Å². The molecule has 3 N–H and O–H groups in total. The minimum Gasteiger partial charge on any atom is -0.365 e. The molecular formula is C15H16N4O. The number of fused-ring (bicyclic) bond motifs is 1. The lowest BCUT2D eigenvalue weighted by molar-refractivity contribution is -0.114. The molecule has 0 saturated heterocycles. The number of H-pyrrole nitrogens is 1. The van der Waals surface area contributed by atoms with Gasteiger partial charge in [-0.25, -0.2) is 4.98 Å². The molecule has 1 amide bonds. The van der Waals surface area contributed by atoms with Gasteiger partial charge in [0.2, 0.25) is 0 Å². The lowest BCUT2D eigenvalue weighted by Gasteiger charge is -2.04. The standard InChI is InChI=1S/C15H16N4O/c1-9(2)3-10-4-13-12(5-11(6-16)14(17)20)8-19-15(13)18-7-10/h4-5,7-9H,3H2,1-2H3,(H2,17,20)(H,18,19)/b11-5+. The normalized spacial score (nSPS) is 11.8. The zero-order chi connectivity index (χ0) is 14.7. The third-order valence-corrected chi connectivity index (χ3v) is 2.95. The summed E-state index contributed by atoms with van der Waals surface area (Å²) in [6.45, 7) is 4.28. The first-order chi connectivity index (χ1) is 9.51. The maximum Gasteiger partial charge on any atom is 0.259 e. The molecule has 0 aliphatic heterocycles. The minimum atomic E-state index is -0.729. The molecule has 0 aromatic carbocycles. The summed E-state index contributed by atoms with van der Waals surface area (Å²) in [4.78, 5) is 18.5. The fourth-order valence-electron chi connectivity index (χ4n) is 2.08. The summed E-state index contributed by atoms with van der Waals surface area (Å²) in [5.41, 5.74) is 7.67. The van der Waals surface area contributed by atoms with Crippen molar-refractivity contribution < 1.29 is 4.79 Å². The van der Waals surface area contributed by atoms with Gasteiger partial charge in [-0.15, -0.1) is 0 Å². The number of amides is 1. The van der Waals surface area contributed by atoms with Crippen LogP contribution in [0, 0.1) is 17.2 Å². The molecule has 102 valence electrons. The summed E-state index contributed by atoms with van der Waals surface area (Å²) in [7, 11) is 0. The number of nitrogens with two attached hydrogens (primary N) is 1. The topological polar surface area (TPSA) is 95.6 Å². The Morgan fingerprint density at radius 3 is 2.95 bits per heavy atom. The van der Waals surface area contributed by atoms with Crippen LogP contribution in [0.15, 0.2) is 24.0 Å². The van der Waals surface area contributed by atoms with E-state index in [0.29, 0.717) is 5.92 Å². The van der Waals surface area contributed by atoms with Crippen molar-refractivity contribution in [2.24, 2.45) is 11.7 Å². The number of nitrogens with zero attached hydrogens (tertiary/aromatic N) is 2. The van der Waals surface area contributed by atoms with Crippen molar-refractivity contribution in [2.75, 3.05) is 0 Å². The van der Waals surface area contributed by atoms with E-state index in [4.69, 9.17) is 11.0 Å². The first-order valence-electron chi connectivity index (χ1n) is 6.39. The highest BCUT2D eigenvalue weighted by Gasteiger charge is 2.09. The number of carbonyl (C=O) groups excluding carboxylic acids is 1. The Hall–Kier alpha value is -2.61. The fourth-order valence-corrected chi connectivity index (χ4v) is 2.08. The van der Waals surface area contributed by atoms with Gasteiger partial charge in [-0.2, -0.15) is 5.26 Å². The number of hydrogen-bond donors (Lipinski definition) is 2. The summed E-state index contributed by atoms with van der Waals surface area (Å²) in [6.07, 6.45) is 5.98. The van der Waals surface area contributed by atoms with E-state index in [-0.39, 0.29) is 5.57 Å². The maximum absolute atomic E-state index is 11.1. The molecule has 0 fully saturated rings. The molecule has 2 aromatic heterocycles. The highest BCUT2D eigenvalue weighted by molar-refractivity contribution is 6.02. The van der Waals surface area contributed by atoms with Gasteiger partial charge in [0.25, 0.3) is 5.91 Å². The number of aromatic nitrogens is 2. The Morgan fingerprint density at radius 2 is 2.35 bits per heavy atom. The third-order valence-electron chi connectivity index (χ3n) is 2.95. The molecule has 0 aliphatic carbocycles. The monoisotopic (exact) mass is 268 g/mol. The summed E-state index contributed by atoms with van der Waals surface area (Å²) < 4.78 is 0. The lowest BCUT2D eigenvalue weighted by Crippen LogP contribution is -2.12. The van der Waals surface area contributed by atoms with Crippen molar-refractivity contribution in [1.82, 2.24) is 9.97 Å². The second-order valence-corrected chi connectivity index (χ2v) is 5.12. The largest absolute Gasteiger partial charge is 0.365 e. The predicted octanol–water partition coefficient (Wildman–Crippen LogP) is 2.15. The van der Waals surface area contributed by atoms with Crippen LogP contribution in [-0.2, 0) is 11.2 Å². The quantitative estimate of drug-likeness (QED) is 0.657. The Kier molecular flexibility index (Phi) is 3.85. The number of nitriles is 1. The molecule has 0 spiro atoms. The van der Waals surface area contributed by atoms with Gasteiger partial charge < -0.3 is 10.7 Å². The second-order valence-electron chi connectivity index (χ2n) is 5.12. The number of nitrogens with one attached hydrogen (secondary N) is 1. The van der Waals surface area contributed by atoms with Crippen LogP contribution >= 0.6 is 0 Å². The van der Waals surface area contributed by atoms with Crippen molar-refractivity contribution in [3.63, 3.8) is 0 Å². The number of carbonyl (C=O) groups is 1. The predicted molar refractivity (Wildman–Crippen MR) is 77.4 cm³/mol. The van der Waals surface area contributed by atoms with E-state index in [1.165, 1.54) is 6.08 Å². The summed E-state index contributed by atoms with van der Waals surface area (Å²) in [6, 6.07) is 3.83. The van der Waals surface area contributed by atoms with Crippen LogP contribution in [-0.4, -0.2) is 15.9 Å². The molecule has 5 heteroatoms. The highest BCUT2D eigenvalue weighted by Crippen LogP contribution is 2.21. The van der Waals surface area contributed by atoms with Crippen LogP contribution in [0.1, 0.15) is 25.0 Å². The Balaban J connectivity index is 2.50. The van der Waals surface area contributed by atoms with Crippen LogP contribution < -0.4 is 5.73 Å². The van der Waals surface area contributed by atoms with Crippen LogP contribution in [0.3, 0.4) is 0 Å². The van der Waals surface area contributed by atoms with Gasteiger partial charge in [-0.3, -0.25) is 4.79 Å². The lowest BCUT2D eigenvalue weighted by atomic mass is 10.0. The van der Waals surface area contributed by atoms with E-state index >= 15 is 0 Å². The molecule has 2 aromatic rings. The van der Waals surface area contributed by atoms with Crippen molar-refractivity contribution in [3.8, 4) is 6.07 Å². The molecule has 0 atom stereocenters. The minimum absolute atomic E-state index is 0.0693. The van der Waals surface area contributed by atoms with E-state index < -0.39 is 5.91 Å². The maximum atomic E-state index is 11.1. The summed E-state index contributed by atoms with van der Waals surface area (Å²) in [5.74, 6) is -0.194. The Bertz CT molecular complexity index is 719. The average Bonchev–Trinajstić information content (AvgIpc) is 2.77. The Labute approximate surface area is 117 Å². The van der Waals surface area contributed by atoms with Crippen molar-refractivity contribution in [3.05, 3.63) is 35.2 Å². The van der Waals surface area contributed by atoms with E-state index in [1.54, 1.807) is 12.3 Å². The van der Waals surface area contributed by atoms with Crippen LogP contribution in [0.2, 0.25) is 0 Å². The van der Waals surface area contributed by atoms with E-state index in [0.717, 1.165) is 28.6 Å². The summed E-state index contributed by atoms with van der Waals surface area (Å²) in [5, 5.41) is 9.78. The van der Waals surface area contributed by atoms with Gasteiger partial charge >= 0.3 is 0 Å². The number of hydrogen-bond acceptors (Lipinski definition) is 3. The number of primary amides is 1. The fraction of sp³-hybridized carbons (Fsp3) is 0.267. The third kappa shape index (κ3) is 2.86. The van der Waals surface area contributed by atoms with Gasteiger partial charge in [0.15, 0.2) is 0 Å². The first-order valence-corrected chi connectivity index (χ1v) is 6.39. The molecule has 0 aliphatic rings. The zero-order valence-corrected chi connectivity index (χ0v) is 11.5. The second kappa shape index (κ2) is 5.57. The van der Waals surface area contributed by atoms with Crippen molar-refractivity contribution >= 4 is 23.0 Å².